The van der Waals surface area contributed by atoms with Gasteiger partial charge in [0, 0.05) is 56.0 Å². The van der Waals surface area contributed by atoms with Gasteiger partial charge < -0.3 is 19.1 Å². The molecule has 2 aromatic heterocycles. The SMILES string of the molecule is CN(C)CCOc1cc(F)c(-c2ccc(F)nc2)c(N2CCC(c3nncn3C)CC2)c1C#N. The highest BCUT2D eigenvalue weighted by atomic mass is 19.1. The molecule has 1 aromatic carbocycles. The standard InChI is InChI=1S/C24H27F2N7O/c1-31(2)10-11-34-20-12-19(25)22(17-4-5-21(26)28-14-17)23(18(20)13-27)33-8-6-16(7-9-33)24-30-29-15-32(24)3/h4-5,12,14-16H,6-11H2,1-3H3. The molecule has 3 aromatic rings. The lowest BCUT2D eigenvalue weighted by Crippen LogP contribution is -2.34. The van der Waals surface area contributed by atoms with E-state index in [0.29, 0.717) is 37.5 Å². The van der Waals surface area contributed by atoms with Gasteiger partial charge >= 0.3 is 0 Å². The van der Waals surface area contributed by atoms with Crippen LogP contribution in [0.1, 0.15) is 30.1 Å². The number of nitrogens with zero attached hydrogens (tertiary/aromatic N) is 7. The summed E-state index contributed by atoms with van der Waals surface area (Å²) >= 11 is 0. The molecule has 10 heteroatoms. The first-order chi connectivity index (χ1) is 16.4. The minimum atomic E-state index is -0.653. The maximum absolute atomic E-state index is 15.5. The fourth-order valence-corrected chi connectivity index (χ4v) is 4.31. The molecule has 1 aliphatic heterocycles. The first kappa shape index (κ1) is 23.6. The topological polar surface area (TPSA) is 83.1 Å². The third-order valence-electron chi connectivity index (χ3n) is 6.06. The second kappa shape index (κ2) is 10.1. The van der Waals surface area contributed by atoms with Crippen LogP contribution >= 0.6 is 0 Å². The molecule has 1 saturated heterocycles. The molecular weight excluding hydrogens is 440 g/mol. The van der Waals surface area contributed by atoms with E-state index in [-0.39, 0.29) is 22.8 Å². The Balaban J connectivity index is 1.73. The van der Waals surface area contributed by atoms with Crippen LogP contribution in [0.2, 0.25) is 0 Å². The van der Waals surface area contributed by atoms with Crippen LogP contribution in [0.15, 0.2) is 30.7 Å². The zero-order chi connectivity index (χ0) is 24.2. The van der Waals surface area contributed by atoms with E-state index >= 15 is 4.39 Å². The molecule has 0 aliphatic carbocycles. The van der Waals surface area contributed by atoms with Gasteiger partial charge in [-0.25, -0.2) is 9.37 Å². The van der Waals surface area contributed by atoms with E-state index in [9.17, 15) is 9.65 Å². The molecule has 1 aliphatic rings. The van der Waals surface area contributed by atoms with Crippen molar-refractivity contribution >= 4 is 5.69 Å². The van der Waals surface area contributed by atoms with E-state index in [0.717, 1.165) is 18.7 Å². The monoisotopic (exact) mass is 467 g/mol. The van der Waals surface area contributed by atoms with Crippen molar-refractivity contribution in [3.8, 4) is 22.9 Å². The lowest BCUT2D eigenvalue weighted by Gasteiger charge is -2.35. The molecule has 0 amide bonds. The molecule has 0 bridgehead atoms. The normalized spacial score (nSPS) is 14.4. The summed E-state index contributed by atoms with van der Waals surface area (Å²) in [5.41, 5.74) is 1.34. The quantitative estimate of drug-likeness (QED) is 0.493. The summed E-state index contributed by atoms with van der Waals surface area (Å²) in [6.07, 6.45) is 4.51. The molecule has 0 spiro atoms. The number of piperidine rings is 1. The number of likely N-dealkylation sites (N-methyl/N-ethyl adjacent to an activating group) is 1. The summed E-state index contributed by atoms with van der Waals surface area (Å²) in [6, 6.07) is 6.13. The van der Waals surface area contributed by atoms with Gasteiger partial charge in [0.15, 0.2) is 0 Å². The number of benzene rings is 1. The highest BCUT2D eigenvalue weighted by Gasteiger charge is 2.30. The number of aromatic nitrogens is 4. The van der Waals surface area contributed by atoms with Crippen molar-refractivity contribution in [2.45, 2.75) is 18.8 Å². The Hall–Kier alpha value is -3.58. The molecular formula is C24H27F2N7O. The largest absolute Gasteiger partial charge is 0.491 e. The zero-order valence-corrected chi connectivity index (χ0v) is 19.5. The van der Waals surface area contributed by atoms with Crippen LogP contribution in [0.3, 0.4) is 0 Å². The first-order valence-corrected chi connectivity index (χ1v) is 11.1. The Bertz CT molecular complexity index is 1180. The van der Waals surface area contributed by atoms with Crippen molar-refractivity contribution in [3.05, 3.63) is 53.9 Å². The Kier molecular flexibility index (Phi) is 7.03. The molecule has 1 fully saturated rings. The summed E-state index contributed by atoms with van der Waals surface area (Å²) in [6.45, 7) is 2.11. The molecule has 0 atom stereocenters. The maximum atomic E-state index is 15.5. The fraction of sp³-hybridized carbons (Fsp3) is 0.417. The number of hydrogen-bond donors (Lipinski definition) is 0. The number of aryl methyl sites for hydroxylation is 1. The summed E-state index contributed by atoms with van der Waals surface area (Å²) in [5, 5.41) is 18.3. The van der Waals surface area contributed by atoms with Gasteiger partial charge in [-0.1, -0.05) is 0 Å². The summed E-state index contributed by atoms with van der Waals surface area (Å²) < 4.78 is 36.8. The summed E-state index contributed by atoms with van der Waals surface area (Å²) in [7, 11) is 5.73. The number of halogens is 2. The van der Waals surface area contributed by atoms with E-state index in [1.54, 1.807) is 6.33 Å². The smallest absolute Gasteiger partial charge is 0.212 e. The molecule has 4 rings (SSSR count). The van der Waals surface area contributed by atoms with Gasteiger partial charge in [0.1, 0.15) is 42.0 Å². The molecule has 178 valence electrons. The third kappa shape index (κ3) is 4.84. The predicted molar refractivity (Wildman–Crippen MR) is 124 cm³/mol. The van der Waals surface area contributed by atoms with Crippen LogP contribution in [-0.4, -0.2) is 65.0 Å². The van der Waals surface area contributed by atoms with Crippen LogP contribution in [0.4, 0.5) is 14.5 Å². The van der Waals surface area contributed by atoms with E-state index in [2.05, 4.69) is 21.3 Å². The van der Waals surface area contributed by atoms with Crippen molar-refractivity contribution in [1.82, 2.24) is 24.6 Å². The van der Waals surface area contributed by atoms with Crippen molar-refractivity contribution in [2.24, 2.45) is 7.05 Å². The number of rotatable bonds is 7. The van der Waals surface area contributed by atoms with E-state index in [1.165, 1.54) is 24.4 Å². The van der Waals surface area contributed by atoms with Crippen molar-refractivity contribution < 1.29 is 13.5 Å². The second-order valence-corrected chi connectivity index (χ2v) is 8.65. The van der Waals surface area contributed by atoms with Crippen LogP contribution in [0.25, 0.3) is 11.1 Å². The zero-order valence-electron chi connectivity index (χ0n) is 19.5. The van der Waals surface area contributed by atoms with Gasteiger partial charge in [0.05, 0.1) is 5.69 Å². The number of ether oxygens (including phenoxy) is 1. The highest BCUT2D eigenvalue weighted by Crippen LogP contribution is 2.43. The van der Waals surface area contributed by atoms with E-state index in [4.69, 9.17) is 4.74 Å². The van der Waals surface area contributed by atoms with Crippen molar-refractivity contribution in [2.75, 3.05) is 45.2 Å². The van der Waals surface area contributed by atoms with E-state index < -0.39 is 11.8 Å². The summed E-state index contributed by atoms with van der Waals surface area (Å²) in [5.74, 6) is 0.132. The van der Waals surface area contributed by atoms with Crippen LogP contribution in [0, 0.1) is 23.1 Å². The highest BCUT2D eigenvalue weighted by molar-refractivity contribution is 5.85. The molecule has 0 saturated carbocycles. The average Bonchev–Trinajstić information content (AvgIpc) is 3.25. The molecule has 0 N–H and O–H groups in total. The lowest BCUT2D eigenvalue weighted by molar-refractivity contribution is 0.260. The van der Waals surface area contributed by atoms with E-state index in [1.807, 2.05) is 35.5 Å². The molecule has 8 nitrogen and oxygen atoms in total. The minimum absolute atomic E-state index is 0.200. The van der Waals surface area contributed by atoms with Gasteiger partial charge in [-0.2, -0.15) is 9.65 Å². The number of pyridine rings is 1. The van der Waals surface area contributed by atoms with Crippen LogP contribution < -0.4 is 9.64 Å². The summed E-state index contributed by atoms with van der Waals surface area (Å²) in [4.78, 5) is 7.65. The minimum Gasteiger partial charge on any atom is -0.491 e. The molecule has 34 heavy (non-hydrogen) atoms. The van der Waals surface area contributed by atoms with Gasteiger partial charge in [-0.05, 0) is 39.1 Å². The number of anilines is 1. The lowest BCUT2D eigenvalue weighted by atomic mass is 9.92. The second-order valence-electron chi connectivity index (χ2n) is 8.65. The van der Waals surface area contributed by atoms with Gasteiger partial charge in [-0.15, -0.1) is 10.2 Å². The Morgan fingerprint density at radius 1 is 1.24 bits per heavy atom. The van der Waals surface area contributed by atoms with Crippen molar-refractivity contribution in [3.63, 3.8) is 0 Å². The first-order valence-electron chi connectivity index (χ1n) is 11.1. The maximum Gasteiger partial charge on any atom is 0.212 e. The average molecular weight is 468 g/mol. The van der Waals surface area contributed by atoms with Crippen LogP contribution in [0.5, 0.6) is 5.75 Å². The fourth-order valence-electron chi connectivity index (χ4n) is 4.31. The third-order valence-corrected chi connectivity index (χ3v) is 6.06. The van der Waals surface area contributed by atoms with Crippen LogP contribution in [-0.2, 0) is 7.05 Å². The Morgan fingerprint density at radius 3 is 2.59 bits per heavy atom. The van der Waals surface area contributed by atoms with Gasteiger partial charge in [0.2, 0.25) is 5.95 Å². The molecule has 0 unspecified atom stereocenters. The van der Waals surface area contributed by atoms with Crippen molar-refractivity contribution in [1.29, 1.82) is 5.26 Å². The molecule has 0 radical (unpaired) electrons. The van der Waals surface area contributed by atoms with Gasteiger partial charge in [-0.3, -0.25) is 0 Å². The molecule has 3 heterocycles. The Labute approximate surface area is 197 Å². The predicted octanol–water partition coefficient (Wildman–Crippen LogP) is 3.35. The number of nitriles is 1. The van der Waals surface area contributed by atoms with Gasteiger partial charge in [0.25, 0.3) is 0 Å². The number of hydrogen-bond acceptors (Lipinski definition) is 7. The Morgan fingerprint density at radius 2 is 2.00 bits per heavy atom.